The molecule has 6 rings (SSSR count). The summed E-state index contributed by atoms with van der Waals surface area (Å²) in [7, 11) is 7.31. The van der Waals surface area contributed by atoms with Crippen LogP contribution in [0.1, 0.15) is 120 Å². The number of carbonyl (C=O) groups is 5. The average Bonchev–Trinajstić information content (AvgIpc) is 3.59. The summed E-state index contributed by atoms with van der Waals surface area (Å²) in [5, 5.41) is 36.9. The summed E-state index contributed by atoms with van der Waals surface area (Å²) in [5.41, 5.74) is -3.89. The van der Waals surface area contributed by atoms with Gasteiger partial charge in [-0.25, -0.2) is 4.79 Å². The first kappa shape index (κ1) is 61.7. The lowest BCUT2D eigenvalue weighted by Crippen LogP contribution is -2.71. The van der Waals surface area contributed by atoms with E-state index in [1.54, 1.807) is 27.7 Å². The molecule has 0 spiro atoms. The monoisotopic (exact) mass is 1090 g/mol. The maximum Gasteiger partial charge on any atom is 0.330 e. The SMILES string of the molecule is CC[C@H]1OC(=O)C[C@@H](O[C@H]2C[C@@](C)(OC)[C@@H](OC(=O)C3N4C(=O)C(NC(=O)Cc5ccccc5)C4SC3(C)C)[C@H](C)O2)[C@H](C)[C@@H](O[C@H]2C[C@@H](N(C)C)C[C@@H](C)O2)[C@](C)(O)C[C@@H](C)CN(C)C[C@@H](OC(=O)CCO)[C@]1(C)O. The van der Waals surface area contributed by atoms with E-state index in [4.69, 9.17) is 37.9 Å². The summed E-state index contributed by atoms with van der Waals surface area (Å²) >= 11 is 1.42. The molecule has 0 aromatic heterocycles. The van der Waals surface area contributed by atoms with Crippen molar-refractivity contribution in [3.63, 3.8) is 0 Å². The highest BCUT2D eigenvalue weighted by Crippen LogP contribution is 2.52. The number of carbonyl (C=O) groups excluding carboxylic acids is 5. The van der Waals surface area contributed by atoms with E-state index < -0.39 is 125 Å². The minimum absolute atomic E-state index is 0.000111. The molecule has 2 amide bonds. The number of methoxy groups -OCH3 is 1. The molecule has 5 saturated heterocycles. The molecule has 0 aliphatic carbocycles. The summed E-state index contributed by atoms with van der Waals surface area (Å²) < 4.78 is 50.5. The molecule has 3 unspecified atom stereocenters. The fraction of sp³-hybridized carbons (Fsp3) is 0.800. The van der Waals surface area contributed by atoms with Crippen molar-refractivity contribution in [1.29, 1.82) is 0 Å². The van der Waals surface area contributed by atoms with Crippen LogP contribution in [0.25, 0.3) is 0 Å². The van der Waals surface area contributed by atoms with Gasteiger partial charge in [0.05, 0.1) is 55.9 Å². The van der Waals surface area contributed by atoms with Gasteiger partial charge in [0, 0.05) is 49.7 Å². The number of aliphatic hydroxyl groups excluding tert-OH is 1. The van der Waals surface area contributed by atoms with Gasteiger partial charge in [0.25, 0.3) is 0 Å². The van der Waals surface area contributed by atoms with Crippen LogP contribution in [0.5, 0.6) is 0 Å². The van der Waals surface area contributed by atoms with Crippen LogP contribution in [0, 0.1) is 11.8 Å². The predicted molar refractivity (Wildman–Crippen MR) is 281 cm³/mol. The van der Waals surface area contributed by atoms with Gasteiger partial charge >= 0.3 is 17.9 Å². The highest BCUT2D eigenvalue weighted by atomic mass is 32.2. The van der Waals surface area contributed by atoms with Gasteiger partial charge in [-0.3, -0.25) is 19.2 Å². The number of cyclic esters (lactones) is 1. The lowest BCUT2D eigenvalue weighted by molar-refractivity contribution is -0.307. The highest BCUT2D eigenvalue weighted by molar-refractivity contribution is 8.01. The fourth-order valence-electron chi connectivity index (χ4n) is 12.1. The van der Waals surface area contributed by atoms with E-state index in [9.17, 15) is 39.3 Å². The van der Waals surface area contributed by atoms with E-state index in [2.05, 4.69) is 10.2 Å². The van der Waals surface area contributed by atoms with E-state index in [-0.39, 0.29) is 68.5 Å². The molecule has 1 aromatic carbocycles. The van der Waals surface area contributed by atoms with Crippen LogP contribution < -0.4 is 5.32 Å². The largest absolute Gasteiger partial charge is 0.459 e. The number of benzene rings is 1. The second-order valence-corrected chi connectivity index (χ2v) is 25.3. The normalized spacial score (nSPS) is 39.7. The predicted octanol–water partition coefficient (Wildman–Crippen LogP) is 3.57. The number of amides is 2. The molecule has 1 aromatic rings. The van der Waals surface area contributed by atoms with E-state index in [0.29, 0.717) is 13.0 Å². The molecule has 0 bridgehead atoms. The molecule has 0 radical (unpaired) electrons. The van der Waals surface area contributed by atoms with E-state index >= 15 is 0 Å². The Morgan fingerprint density at radius 1 is 0.908 bits per heavy atom. The van der Waals surface area contributed by atoms with Gasteiger partial charge in [-0.05, 0) is 100 Å². The van der Waals surface area contributed by atoms with Gasteiger partial charge in [0.15, 0.2) is 18.7 Å². The summed E-state index contributed by atoms with van der Waals surface area (Å²) in [6.45, 7) is 17.9. The number of esters is 3. The maximum absolute atomic E-state index is 14.5. The smallest absolute Gasteiger partial charge is 0.330 e. The molecule has 0 saturated carbocycles. The molecule has 4 N–H and O–H groups in total. The topological polar surface area (TPSA) is 242 Å². The number of nitrogens with one attached hydrogen (secondary N) is 1. The molecular weight excluding hydrogens is 1000 g/mol. The van der Waals surface area contributed by atoms with E-state index in [0.717, 1.165) is 12.0 Å². The van der Waals surface area contributed by atoms with Crippen LogP contribution in [-0.2, 0) is 68.3 Å². The van der Waals surface area contributed by atoms with Crippen LogP contribution in [0.2, 0.25) is 0 Å². The van der Waals surface area contributed by atoms with Crippen molar-refractivity contribution in [2.24, 2.45) is 11.8 Å². The van der Waals surface area contributed by atoms with Crippen molar-refractivity contribution in [3.05, 3.63) is 35.9 Å². The number of fused-ring (bicyclic) bond motifs is 1. The number of thioether (sulfide) groups is 1. The molecule has 18 atom stereocenters. The number of rotatable bonds is 15. The number of aliphatic hydroxyl groups is 3. The van der Waals surface area contributed by atoms with Crippen molar-refractivity contribution in [1.82, 2.24) is 20.0 Å². The second-order valence-electron chi connectivity index (χ2n) is 23.5. The van der Waals surface area contributed by atoms with Crippen molar-refractivity contribution < 1.29 is 77.2 Å². The third-order valence-corrected chi connectivity index (χ3v) is 17.7. The minimum atomic E-state index is -1.89. The summed E-state index contributed by atoms with van der Waals surface area (Å²) in [6.07, 6.45) is -7.23. The fourth-order valence-corrected chi connectivity index (χ4v) is 13.7. The average molecular weight is 1090 g/mol. The van der Waals surface area contributed by atoms with Gasteiger partial charge in [0.2, 0.25) is 11.8 Å². The zero-order valence-electron chi connectivity index (χ0n) is 47.2. The molecule has 5 aliphatic rings. The third-order valence-electron chi connectivity index (χ3n) is 16.1. The van der Waals surface area contributed by atoms with Gasteiger partial charge in [-0.15, -0.1) is 11.8 Å². The van der Waals surface area contributed by atoms with Gasteiger partial charge in [-0.2, -0.15) is 0 Å². The van der Waals surface area contributed by atoms with Crippen molar-refractivity contribution >= 4 is 41.5 Å². The van der Waals surface area contributed by atoms with Crippen molar-refractivity contribution in [2.45, 2.75) is 221 Å². The second kappa shape index (κ2) is 25.3. The number of ether oxygens (including phenoxy) is 8. The Kier molecular flexibility index (Phi) is 20.6. The molecule has 5 heterocycles. The van der Waals surface area contributed by atoms with Crippen LogP contribution in [0.15, 0.2) is 30.3 Å². The first-order chi connectivity index (χ1) is 35.5. The van der Waals surface area contributed by atoms with Crippen molar-refractivity contribution in [2.75, 3.05) is 47.9 Å². The molecule has 5 aliphatic heterocycles. The number of likely N-dealkylation sites (N-methyl/N-ethyl adjacent to an activating group) is 1. The quantitative estimate of drug-likeness (QED) is 0.112. The Hall–Kier alpha value is -3.48. The number of hydrogen-bond acceptors (Lipinski definition) is 19. The maximum atomic E-state index is 14.5. The molecular formula is C55H88N4O16S. The summed E-state index contributed by atoms with van der Waals surface area (Å²) in [4.78, 5) is 74.1. The molecule has 76 heavy (non-hydrogen) atoms. The molecule has 21 heteroatoms. The van der Waals surface area contributed by atoms with Crippen LogP contribution in [0.4, 0.5) is 0 Å². The standard InChI is InChI=1S/C55H88N4O16S/c1-15-38-55(10,67)39(73-41(62)21-22-60)30-58(13)29-31(2)27-53(8,66)47(74-43-25-36(57(11)12)23-32(3)69-43)33(4)37(26-42(63)72-38)71-44-28-54(9,68-14)48(34(5)70-44)75-51(65)46-52(6,7)76-50-45(49(64)59(46)50)56-40(61)24-35-19-17-16-18-20-35/h16-20,31-34,36-39,43-48,50,60,66-67H,15,21-30H2,1-14H3,(H,56,61)/t31-,32-,33+,34+,36+,37-,38-,39-,43+,44+,45?,46?,47-,48+,50?,53-,54-,55-/m1/s1. The van der Waals surface area contributed by atoms with Crippen LogP contribution >= 0.6 is 11.8 Å². The number of hydrogen-bond donors (Lipinski definition) is 4. The zero-order valence-corrected chi connectivity index (χ0v) is 48.0. The van der Waals surface area contributed by atoms with Crippen LogP contribution in [0.3, 0.4) is 0 Å². The Labute approximate surface area is 453 Å². The van der Waals surface area contributed by atoms with Gasteiger partial charge < -0.3 is 73.2 Å². The molecule has 430 valence electrons. The summed E-state index contributed by atoms with van der Waals surface area (Å²) in [5.74, 6) is -3.78. The Morgan fingerprint density at radius 2 is 1.59 bits per heavy atom. The van der Waals surface area contributed by atoms with Crippen LogP contribution in [-0.4, -0.2) is 208 Å². The Balaban J connectivity index is 1.27. The van der Waals surface area contributed by atoms with Crippen molar-refractivity contribution in [3.8, 4) is 0 Å². The lowest BCUT2D eigenvalue weighted by atomic mass is 9.79. The van der Waals surface area contributed by atoms with E-state index in [1.165, 1.54) is 30.7 Å². The molecule has 20 nitrogen and oxygen atoms in total. The number of β-lactam (4-membered cyclic amide) rings is 1. The summed E-state index contributed by atoms with van der Waals surface area (Å²) in [6, 6.07) is 7.55. The Bertz CT molecular complexity index is 2150. The first-order valence-corrected chi connectivity index (χ1v) is 27.9. The lowest BCUT2D eigenvalue weighted by Gasteiger charge is -2.49. The van der Waals surface area contributed by atoms with Gasteiger partial charge in [0.1, 0.15) is 40.9 Å². The highest BCUT2D eigenvalue weighted by Gasteiger charge is 2.65. The third kappa shape index (κ3) is 14.5. The molecule has 5 fully saturated rings. The van der Waals surface area contributed by atoms with Gasteiger partial charge in [-0.1, -0.05) is 51.1 Å². The van der Waals surface area contributed by atoms with E-state index in [1.807, 2.05) is 91.0 Å². The first-order valence-electron chi connectivity index (χ1n) is 27.0. The Morgan fingerprint density at radius 3 is 2.22 bits per heavy atom. The zero-order chi connectivity index (χ0) is 56.2. The number of nitrogens with zero attached hydrogens (tertiary/aromatic N) is 3. The minimum Gasteiger partial charge on any atom is -0.459 e.